The van der Waals surface area contributed by atoms with Crippen molar-refractivity contribution >= 4 is 17.5 Å². The Morgan fingerprint density at radius 3 is 2.59 bits per heavy atom. The van der Waals surface area contributed by atoms with Gasteiger partial charge in [-0.2, -0.15) is 5.26 Å². The van der Waals surface area contributed by atoms with Crippen molar-refractivity contribution < 1.29 is 18.7 Å². The summed E-state index contributed by atoms with van der Waals surface area (Å²) in [6.45, 7) is 7.18. The highest BCUT2D eigenvalue weighted by Crippen LogP contribution is 2.53. The molecular formula is C38H54FN7O3. The number of nitrogens with zero attached hydrogens (tertiary/aromatic N) is 5. The topological polar surface area (TPSA) is 104 Å². The summed E-state index contributed by atoms with van der Waals surface area (Å²) < 4.78 is 21.7. The lowest BCUT2D eigenvalue weighted by Gasteiger charge is -2.59. The minimum atomic E-state index is -0.796. The van der Waals surface area contributed by atoms with Crippen LogP contribution in [-0.4, -0.2) is 104 Å². The maximum atomic E-state index is 14.5. The predicted octanol–water partition coefficient (Wildman–Crippen LogP) is 4.07. The van der Waals surface area contributed by atoms with E-state index in [1.54, 1.807) is 16.8 Å². The summed E-state index contributed by atoms with van der Waals surface area (Å²) in [5.41, 5.74) is 0.871. The van der Waals surface area contributed by atoms with Gasteiger partial charge in [0.05, 0.1) is 42.4 Å². The fraction of sp³-hybridized carbons (Fsp3) is 0.711. The monoisotopic (exact) mass is 675 g/mol. The molecule has 4 aliphatic heterocycles. The van der Waals surface area contributed by atoms with Crippen molar-refractivity contribution in [3.05, 3.63) is 42.2 Å². The van der Waals surface area contributed by atoms with E-state index in [2.05, 4.69) is 40.1 Å². The first-order valence-electron chi connectivity index (χ1n) is 18.7. The van der Waals surface area contributed by atoms with Crippen LogP contribution in [0.2, 0.25) is 0 Å². The number of hydrogen-bond donors (Lipinski definition) is 2. The number of fused-ring (bicyclic) bond motifs is 3. The van der Waals surface area contributed by atoms with E-state index in [-0.39, 0.29) is 54.1 Å². The van der Waals surface area contributed by atoms with Gasteiger partial charge in [-0.1, -0.05) is 38.3 Å². The summed E-state index contributed by atoms with van der Waals surface area (Å²) in [6.07, 6.45) is 12.8. The van der Waals surface area contributed by atoms with E-state index < -0.39 is 11.3 Å². The Kier molecular flexibility index (Phi) is 9.90. The van der Waals surface area contributed by atoms with Crippen molar-refractivity contribution in [1.82, 2.24) is 25.3 Å². The third-order valence-electron chi connectivity index (χ3n) is 13.0. The summed E-state index contributed by atoms with van der Waals surface area (Å²) in [4.78, 5) is 35.4. The highest BCUT2D eigenvalue weighted by molar-refractivity contribution is 6.07. The first-order valence-corrected chi connectivity index (χ1v) is 18.7. The molecule has 49 heavy (non-hydrogen) atoms. The number of nitriles is 1. The second-order valence-corrected chi connectivity index (χ2v) is 15.6. The zero-order chi connectivity index (χ0) is 34.3. The minimum absolute atomic E-state index is 0.0415. The standard InChI is InChI=1S/C38H54FN7O3/c1-4-34(47)46-21-20-45(24-28(46)16-18-40)35-30-15-17-37(31-14-13-27(39)22-33(31)44(3)36(37)48)23-32(30)41-38(42-35,26-10-7-5-6-8-11-26)49-25-29-12-9-19-43(29)2/h4,13-14,22,26,28-30,32,35,41-42H,1,5-12,15-17,19-21,23-25H2,2-3H3/t28-,29-,30?,32?,35?,37+,38?/m1/s1. The van der Waals surface area contributed by atoms with Crippen LogP contribution in [0, 0.1) is 29.0 Å². The molecule has 2 saturated carbocycles. The maximum absolute atomic E-state index is 14.5. The highest BCUT2D eigenvalue weighted by Gasteiger charge is 2.60. The van der Waals surface area contributed by atoms with E-state index in [0.29, 0.717) is 50.8 Å². The normalized spacial score (nSPS) is 36.0. The number of likely N-dealkylation sites (tertiary alicyclic amines) is 1. The molecule has 7 atom stereocenters. The van der Waals surface area contributed by atoms with E-state index >= 15 is 0 Å². The van der Waals surface area contributed by atoms with Gasteiger partial charge in [0.1, 0.15) is 5.82 Å². The Labute approximate surface area is 291 Å². The average Bonchev–Trinajstić information content (AvgIpc) is 3.43. The Morgan fingerprint density at radius 1 is 1.08 bits per heavy atom. The molecule has 0 radical (unpaired) electrons. The van der Waals surface area contributed by atoms with Gasteiger partial charge in [-0.15, -0.1) is 0 Å². The molecule has 5 fully saturated rings. The molecule has 7 rings (SSSR count). The number of amides is 2. The van der Waals surface area contributed by atoms with Gasteiger partial charge >= 0.3 is 0 Å². The minimum Gasteiger partial charge on any atom is -0.345 e. The van der Waals surface area contributed by atoms with Crippen molar-refractivity contribution in [2.24, 2.45) is 11.8 Å². The number of ether oxygens (including phenoxy) is 1. The van der Waals surface area contributed by atoms with Crippen LogP contribution in [0.5, 0.6) is 0 Å². The maximum Gasteiger partial charge on any atom is 0.246 e. The third kappa shape index (κ3) is 6.22. The Bertz CT molecular complexity index is 1460. The molecule has 1 spiro atoms. The van der Waals surface area contributed by atoms with Crippen LogP contribution in [0.3, 0.4) is 0 Å². The summed E-state index contributed by atoms with van der Waals surface area (Å²) in [5, 5.41) is 18.0. The molecule has 10 nitrogen and oxygen atoms in total. The highest BCUT2D eigenvalue weighted by atomic mass is 19.1. The van der Waals surface area contributed by atoms with Gasteiger partial charge in [0.2, 0.25) is 11.8 Å². The Hall–Kier alpha value is -2.88. The fourth-order valence-electron chi connectivity index (χ4n) is 10.3. The number of carbonyl (C=O) groups is 2. The fourth-order valence-corrected chi connectivity index (χ4v) is 10.3. The molecule has 6 aliphatic rings. The number of anilines is 1. The summed E-state index contributed by atoms with van der Waals surface area (Å²) in [6, 6.07) is 7.23. The van der Waals surface area contributed by atoms with Gasteiger partial charge in [-0.05, 0) is 82.3 Å². The molecule has 2 aliphatic carbocycles. The van der Waals surface area contributed by atoms with Crippen molar-refractivity contribution in [3.8, 4) is 6.07 Å². The largest absolute Gasteiger partial charge is 0.345 e. The van der Waals surface area contributed by atoms with Gasteiger partial charge in [0.25, 0.3) is 0 Å². The molecule has 0 bridgehead atoms. The molecule has 0 aromatic heterocycles. The molecule has 266 valence electrons. The zero-order valence-corrected chi connectivity index (χ0v) is 29.3. The van der Waals surface area contributed by atoms with Crippen molar-refractivity contribution in [3.63, 3.8) is 0 Å². The van der Waals surface area contributed by atoms with Gasteiger partial charge in [-0.25, -0.2) is 4.39 Å². The van der Waals surface area contributed by atoms with Crippen LogP contribution in [0.1, 0.15) is 82.6 Å². The lowest BCUT2D eigenvalue weighted by molar-refractivity contribution is -0.207. The molecule has 2 N–H and O–H groups in total. The number of likely N-dealkylation sites (N-methyl/N-ethyl adjacent to an activating group) is 2. The SMILES string of the molecule is C=CC(=O)N1CCN(C2NC(OC[C@H]3CCCN3C)(C3CCCCCC3)NC3C[C@]4(CCC32)C(=O)N(C)c2cc(F)ccc24)C[C@H]1CC#N. The Balaban J connectivity index is 1.27. The lowest BCUT2D eigenvalue weighted by Crippen LogP contribution is -2.80. The van der Waals surface area contributed by atoms with Crippen molar-refractivity contribution in [1.29, 1.82) is 5.26 Å². The number of nitrogens with one attached hydrogen (secondary N) is 2. The van der Waals surface area contributed by atoms with Crippen LogP contribution >= 0.6 is 0 Å². The van der Waals surface area contributed by atoms with Crippen LogP contribution in [0.15, 0.2) is 30.9 Å². The third-order valence-corrected chi connectivity index (χ3v) is 13.0. The second-order valence-electron chi connectivity index (χ2n) is 15.6. The van der Waals surface area contributed by atoms with Crippen LogP contribution in [0.25, 0.3) is 0 Å². The van der Waals surface area contributed by atoms with Gasteiger partial charge < -0.3 is 19.4 Å². The van der Waals surface area contributed by atoms with Crippen molar-refractivity contribution in [2.75, 3.05) is 51.8 Å². The number of piperazine rings is 1. The van der Waals surface area contributed by atoms with E-state index in [1.807, 2.05) is 6.07 Å². The molecule has 4 heterocycles. The number of benzene rings is 1. The molecule has 3 saturated heterocycles. The lowest BCUT2D eigenvalue weighted by atomic mass is 9.63. The predicted molar refractivity (Wildman–Crippen MR) is 186 cm³/mol. The van der Waals surface area contributed by atoms with Gasteiger partial charge in [0, 0.05) is 50.6 Å². The molecule has 2 amide bonds. The van der Waals surface area contributed by atoms with Crippen LogP contribution in [0.4, 0.5) is 10.1 Å². The quantitative estimate of drug-likeness (QED) is 0.330. The molecule has 4 unspecified atom stereocenters. The van der Waals surface area contributed by atoms with E-state index in [0.717, 1.165) is 50.6 Å². The van der Waals surface area contributed by atoms with E-state index in [4.69, 9.17) is 4.74 Å². The first kappa shape index (κ1) is 34.6. The molecule has 11 heteroatoms. The number of rotatable bonds is 7. The summed E-state index contributed by atoms with van der Waals surface area (Å²) >= 11 is 0. The molecular weight excluding hydrogens is 621 g/mol. The summed E-state index contributed by atoms with van der Waals surface area (Å²) in [5.74, 6) is -0.813. The van der Waals surface area contributed by atoms with E-state index in [1.165, 1.54) is 37.5 Å². The first-order chi connectivity index (χ1) is 23.7. The smallest absolute Gasteiger partial charge is 0.246 e. The summed E-state index contributed by atoms with van der Waals surface area (Å²) in [7, 11) is 3.96. The zero-order valence-electron chi connectivity index (χ0n) is 29.3. The van der Waals surface area contributed by atoms with Crippen LogP contribution < -0.4 is 15.5 Å². The molecule has 1 aromatic carbocycles. The number of hydrogen-bond acceptors (Lipinski definition) is 8. The van der Waals surface area contributed by atoms with Gasteiger partial charge in [-0.3, -0.25) is 25.1 Å². The number of carbonyl (C=O) groups excluding carboxylic acids is 2. The second kappa shape index (κ2) is 14.0. The average molecular weight is 676 g/mol. The van der Waals surface area contributed by atoms with Gasteiger partial charge in [0.15, 0.2) is 5.85 Å². The van der Waals surface area contributed by atoms with E-state index in [9.17, 15) is 19.2 Å². The number of halogens is 1. The van der Waals surface area contributed by atoms with Crippen LogP contribution in [-0.2, 0) is 19.7 Å². The molecule has 1 aromatic rings. The van der Waals surface area contributed by atoms with Crippen molar-refractivity contribution in [2.45, 2.75) is 113 Å². The Morgan fingerprint density at radius 2 is 1.88 bits per heavy atom.